The van der Waals surface area contributed by atoms with Crippen molar-refractivity contribution in [3.63, 3.8) is 0 Å². The summed E-state index contributed by atoms with van der Waals surface area (Å²) in [5.74, 6) is -3.49. The number of ketones is 1. The zero-order valence-corrected chi connectivity index (χ0v) is 30.9. The summed E-state index contributed by atoms with van der Waals surface area (Å²) in [5, 5.41) is 6.64. The quantitative estimate of drug-likeness (QED) is 0.127. The van der Waals surface area contributed by atoms with Crippen LogP contribution >= 0.6 is 0 Å². The number of allylic oxidation sites excluding steroid dienone is 2. The summed E-state index contributed by atoms with van der Waals surface area (Å²) >= 11 is 0. The van der Waals surface area contributed by atoms with Crippen LogP contribution in [0.15, 0.2) is 103 Å². The van der Waals surface area contributed by atoms with Gasteiger partial charge in [-0.05, 0) is 96.8 Å². The highest BCUT2D eigenvalue weighted by atomic mass is 32.2. The molecular weight excluding hydrogens is 700 g/mol. The van der Waals surface area contributed by atoms with Crippen LogP contribution in [0.2, 0.25) is 0 Å². The highest BCUT2D eigenvalue weighted by Gasteiger charge is 2.39. The Kier molecular flexibility index (Phi) is 11.3. The van der Waals surface area contributed by atoms with E-state index in [9.17, 15) is 26.8 Å². The molecule has 4 atom stereocenters. The Bertz CT molecular complexity index is 2140. The molecule has 0 bridgehead atoms. The molecule has 2 N–H and O–H groups in total. The minimum atomic E-state index is -4.12. The second kappa shape index (κ2) is 15.7. The number of halogens is 3. The molecule has 278 valence electrons. The maximum atomic E-state index is 15.4. The van der Waals surface area contributed by atoms with E-state index in [1.54, 1.807) is 13.0 Å². The van der Waals surface area contributed by atoms with E-state index in [0.717, 1.165) is 45.5 Å². The molecule has 0 radical (unpaired) electrons. The normalized spacial score (nSPS) is 19.6. The third-order valence-corrected chi connectivity index (χ3v) is 11.5. The van der Waals surface area contributed by atoms with Crippen molar-refractivity contribution < 1.29 is 31.2 Å². The van der Waals surface area contributed by atoms with Crippen molar-refractivity contribution in [1.29, 1.82) is 0 Å². The van der Waals surface area contributed by atoms with Gasteiger partial charge in [0.2, 0.25) is 10.0 Å². The van der Waals surface area contributed by atoms with Gasteiger partial charge < -0.3 is 10.6 Å². The van der Waals surface area contributed by atoms with Gasteiger partial charge in [-0.3, -0.25) is 9.59 Å². The summed E-state index contributed by atoms with van der Waals surface area (Å²) in [5.41, 5.74) is 2.36. The second-order valence-electron chi connectivity index (χ2n) is 14.3. The summed E-state index contributed by atoms with van der Waals surface area (Å²) in [4.78, 5) is 27.1. The number of nitrogens with zero attached hydrogens (tertiary/aromatic N) is 1. The van der Waals surface area contributed by atoms with E-state index >= 15 is 4.39 Å². The van der Waals surface area contributed by atoms with Crippen molar-refractivity contribution in [3.05, 3.63) is 142 Å². The van der Waals surface area contributed by atoms with E-state index in [-0.39, 0.29) is 34.7 Å². The number of sulfonamides is 1. The molecule has 7 nitrogen and oxygen atoms in total. The number of rotatable bonds is 14. The van der Waals surface area contributed by atoms with Crippen molar-refractivity contribution in [1.82, 2.24) is 10.6 Å². The van der Waals surface area contributed by atoms with Gasteiger partial charge in [-0.2, -0.15) is 0 Å². The first-order chi connectivity index (χ1) is 25.2. The number of anilines is 2. The molecule has 4 aromatic rings. The molecule has 4 unspecified atom stereocenters. The number of hydrogen-bond donors (Lipinski definition) is 2. The summed E-state index contributed by atoms with van der Waals surface area (Å²) < 4.78 is 70.9. The fourth-order valence-corrected chi connectivity index (χ4v) is 8.24. The van der Waals surface area contributed by atoms with Gasteiger partial charge in [-0.25, -0.2) is 25.9 Å². The van der Waals surface area contributed by atoms with Crippen molar-refractivity contribution in [2.45, 2.75) is 70.1 Å². The summed E-state index contributed by atoms with van der Waals surface area (Å²) in [7, 11) is -4.12. The van der Waals surface area contributed by atoms with Gasteiger partial charge in [0, 0.05) is 43.0 Å². The fourth-order valence-electron chi connectivity index (χ4n) is 7.26. The van der Waals surface area contributed by atoms with E-state index in [1.165, 1.54) is 12.1 Å². The van der Waals surface area contributed by atoms with Crippen molar-refractivity contribution in [3.8, 4) is 0 Å². The number of amides is 1. The van der Waals surface area contributed by atoms with Crippen LogP contribution in [0.5, 0.6) is 0 Å². The number of Topliss-reactive ketones (excluding diaryl/α,β-unsaturated/α-hetero) is 1. The smallest absolute Gasteiger partial charge is 0.251 e. The van der Waals surface area contributed by atoms with Crippen LogP contribution in [0, 0.1) is 17.6 Å². The van der Waals surface area contributed by atoms with Gasteiger partial charge in [0.25, 0.3) is 5.91 Å². The summed E-state index contributed by atoms with van der Waals surface area (Å²) in [6, 6.07) is 24.2. The Labute approximate surface area is 309 Å². The molecule has 6 rings (SSSR count). The van der Waals surface area contributed by atoms with Crippen LogP contribution in [-0.4, -0.2) is 39.0 Å². The third kappa shape index (κ3) is 8.57. The van der Waals surface area contributed by atoms with Crippen LogP contribution in [0.25, 0.3) is 0 Å². The topological polar surface area (TPSA) is 95.6 Å². The number of carbonyl (C=O) groups excluding carboxylic acids is 2. The van der Waals surface area contributed by atoms with Gasteiger partial charge >= 0.3 is 0 Å². The van der Waals surface area contributed by atoms with Crippen LogP contribution in [-0.2, 0) is 33.5 Å². The Balaban J connectivity index is 1.27. The molecule has 2 aliphatic rings. The van der Waals surface area contributed by atoms with Crippen molar-refractivity contribution >= 4 is 33.1 Å². The Hall–Kier alpha value is -4.74. The Morgan fingerprint density at radius 2 is 1.70 bits per heavy atom. The first-order valence-corrected chi connectivity index (χ1v) is 19.7. The lowest BCUT2D eigenvalue weighted by Crippen LogP contribution is -2.44. The average Bonchev–Trinajstić information content (AvgIpc) is 3.57. The van der Waals surface area contributed by atoms with E-state index in [4.69, 9.17) is 0 Å². The standard InChI is InChI=1S/C42H44F3N3O4S/c1-27(25-46-26-30-11-7-12-33(19-30)42(45)18-17-28(42)2)39(20-29-9-5-4-6-10-29)47-41(50)32-21-31(36-13-8-14-40(36)49)22-35(23-32)48(53(3,51)52)34-15-16-37(43)38(44)24-34/h4-7,9-12,15-17,19,21-24,27,36,39,46H,8,13-14,18,20,25-26H2,1-3H3,(H,47,50). The molecule has 11 heteroatoms. The Morgan fingerprint density at radius 3 is 2.34 bits per heavy atom. The Morgan fingerprint density at radius 1 is 0.943 bits per heavy atom. The largest absolute Gasteiger partial charge is 0.349 e. The molecular formula is C42H44F3N3O4S. The van der Waals surface area contributed by atoms with Crippen LogP contribution in [0.1, 0.15) is 78.1 Å². The molecule has 0 spiro atoms. The molecule has 53 heavy (non-hydrogen) atoms. The summed E-state index contributed by atoms with van der Waals surface area (Å²) in [6.45, 7) is 4.83. The maximum absolute atomic E-state index is 15.4. The monoisotopic (exact) mass is 743 g/mol. The predicted octanol–water partition coefficient (Wildman–Crippen LogP) is 8.18. The van der Waals surface area contributed by atoms with E-state index in [2.05, 4.69) is 10.6 Å². The number of benzene rings is 4. The highest BCUT2D eigenvalue weighted by Crippen LogP contribution is 2.45. The second-order valence-corrected chi connectivity index (χ2v) is 16.2. The average molecular weight is 744 g/mol. The molecule has 1 fully saturated rings. The van der Waals surface area contributed by atoms with E-state index < -0.39 is 39.2 Å². The van der Waals surface area contributed by atoms with Crippen molar-refractivity contribution in [2.24, 2.45) is 5.92 Å². The SMILES string of the molecule is CC1=CCC1(F)c1cccc(CNCC(C)C(Cc2ccccc2)NC(=O)c2cc(C3CCCC3=O)cc(N(c3ccc(F)c(F)c3)S(C)(=O)=O)c2)c1. The molecule has 1 saturated carbocycles. The van der Waals surface area contributed by atoms with Crippen LogP contribution in [0.3, 0.4) is 0 Å². The molecule has 0 aliphatic heterocycles. The number of hydrogen-bond acceptors (Lipinski definition) is 5. The number of alkyl halides is 1. The first-order valence-electron chi connectivity index (χ1n) is 17.9. The molecule has 1 amide bonds. The number of carbonyl (C=O) groups is 2. The van der Waals surface area contributed by atoms with Gasteiger partial charge in [-0.15, -0.1) is 0 Å². The minimum Gasteiger partial charge on any atom is -0.349 e. The van der Waals surface area contributed by atoms with Crippen molar-refractivity contribution in [2.75, 3.05) is 17.1 Å². The lowest BCUT2D eigenvalue weighted by Gasteiger charge is -2.33. The predicted molar refractivity (Wildman–Crippen MR) is 201 cm³/mol. The van der Waals surface area contributed by atoms with E-state index in [0.29, 0.717) is 56.3 Å². The van der Waals surface area contributed by atoms with Gasteiger partial charge in [0.15, 0.2) is 17.3 Å². The molecule has 0 saturated heterocycles. The van der Waals surface area contributed by atoms with Crippen LogP contribution in [0.4, 0.5) is 24.5 Å². The fraction of sp³-hybridized carbons (Fsp3) is 0.333. The molecule has 0 aromatic heterocycles. The van der Waals surface area contributed by atoms with Gasteiger partial charge in [0.1, 0.15) is 5.78 Å². The lowest BCUT2D eigenvalue weighted by molar-refractivity contribution is -0.118. The van der Waals surface area contributed by atoms with Gasteiger partial charge in [0.05, 0.1) is 17.6 Å². The zero-order chi connectivity index (χ0) is 37.9. The third-order valence-electron chi connectivity index (χ3n) is 10.4. The minimum absolute atomic E-state index is 0.0135. The van der Waals surface area contributed by atoms with Gasteiger partial charge in [-0.1, -0.05) is 67.6 Å². The first kappa shape index (κ1) is 38.0. The molecule has 0 heterocycles. The number of nitrogens with one attached hydrogen (secondary N) is 2. The molecule has 2 aliphatic carbocycles. The van der Waals surface area contributed by atoms with E-state index in [1.807, 2.05) is 67.6 Å². The highest BCUT2D eigenvalue weighted by molar-refractivity contribution is 7.92. The summed E-state index contributed by atoms with van der Waals surface area (Å²) in [6.07, 6.45) is 5.27. The maximum Gasteiger partial charge on any atom is 0.251 e. The van der Waals surface area contributed by atoms with Crippen LogP contribution < -0.4 is 14.9 Å². The zero-order valence-electron chi connectivity index (χ0n) is 30.0. The molecule has 4 aromatic carbocycles. The lowest BCUT2D eigenvalue weighted by atomic mass is 9.77.